The topological polar surface area (TPSA) is 108 Å². The number of carbonyl (C=O) groups excluding carboxylic acids is 1. The van der Waals surface area contributed by atoms with Crippen LogP contribution in [0.3, 0.4) is 0 Å². The van der Waals surface area contributed by atoms with Crippen LogP contribution in [0.25, 0.3) is 11.5 Å². The molecule has 0 spiro atoms. The Labute approximate surface area is 225 Å². The maximum Gasteiger partial charge on any atom is 0.234 e. The Morgan fingerprint density at radius 3 is 2.41 bits per heavy atom. The molecule has 0 bridgehead atoms. The van der Waals surface area contributed by atoms with Gasteiger partial charge < -0.3 is 19.2 Å². The van der Waals surface area contributed by atoms with Gasteiger partial charge in [-0.2, -0.15) is 4.98 Å². The van der Waals surface area contributed by atoms with Crippen LogP contribution in [0.1, 0.15) is 0 Å². The van der Waals surface area contributed by atoms with Gasteiger partial charge in [-0.15, -0.1) is 0 Å². The number of thioether (sulfide) groups is 1. The molecule has 0 atom stereocenters. The van der Waals surface area contributed by atoms with Gasteiger partial charge in [-0.05, 0) is 60.7 Å². The molecule has 0 aliphatic heterocycles. The first-order valence-electron chi connectivity index (χ1n) is 10.6. The van der Waals surface area contributed by atoms with Crippen LogP contribution in [0, 0.1) is 5.82 Å². The fourth-order valence-corrected chi connectivity index (χ4v) is 5.81. The summed E-state index contributed by atoms with van der Waals surface area (Å²) < 4.78 is 57.1. The molecule has 0 radical (unpaired) electrons. The molecular formula is C25H20BrFN2O6S2. The molecule has 192 valence electrons. The van der Waals surface area contributed by atoms with Crippen molar-refractivity contribution in [3.05, 3.63) is 77.0 Å². The first-order chi connectivity index (χ1) is 17.7. The average Bonchev–Trinajstić information content (AvgIpc) is 3.33. The van der Waals surface area contributed by atoms with Gasteiger partial charge in [-0.3, -0.25) is 4.79 Å². The fraction of sp³-hybridized carbons (Fsp3) is 0.120. The molecule has 0 fully saturated rings. The summed E-state index contributed by atoms with van der Waals surface area (Å²) in [6.07, 6.45) is 0. The summed E-state index contributed by atoms with van der Waals surface area (Å²) in [6, 6.07) is 16.2. The lowest BCUT2D eigenvalue weighted by molar-refractivity contribution is -0.113. The summed E-state index contributed by atoms with van der Waals surface area (Å²) in [5.74, 6) is -0.138. The smallest absolute Gasteiger partial charge is 0.234 e. The third kappa shape index (κ3) is 6.14. The summed E-state index contributed by atoms with van der Waals surface area (Å²) in [4.78, 5) is 16.9. The first kappa shape index (κ1) is 26.7. The number of aromatic nitrogens is 1. The molecule has 3 aromatic carbocycles. The van der Waals surface area contributed by atoms with E-state index in [1.165, 1.54) is 50.6 Å². The van der Waals surface area contributed by atoms with Crippen LogP contribution in [-0.2, 0) is 14.6 Å². The van der Waals surface area contributed by atoms with Crippen LogP contribution in [-0.4, -0.2) is 39.3 Å². The van der Waals surface area contributed by atoms with Crippen molar-refractivity contribution in [1.82, 2.24) is 4.98 Å². The highest BCUT2D eigenvalue weighted by Crippen LogP contribution is 2.36. The standard InChI is InChI=1S/C25H20BrFN2O6S2/c1-33-18-9-12-20(21(13-18)34-2)28-22(30)14-36-25-24(37(31,32)19-10-5-16(26)6-11-19)29-23(35-25)15-3-7-17(27)8-4-15/h3-13H,14H2,1-2H3,(H,28,30). The SMILES string of the molecule is COc1ccc(NC(=O)CSc2oc(-c3ccc(F)cc3)nc2S(=O)(=O)c2ccc(Br)cc2)c(OC)c1. The van der Waals surface area contributed by atoms with E-state index in [0.29, 0.717) is 27.2 Å². The van der Waals surface area contributed by atoms with Gasteiger partial charge >= 0.3 is 0 Å². The molecule has 1 N–H and O–H groups in total. The molecule has 0 unspecified atom stereocenters. The second-order valence-electron chi connectivity index (χ2n) is 7.48. The van der Waals surface area contributed by atoms with Crippen molar-refractivity contribution in [2.75, 3.05) is 25.3 Å². The van der Waals surface area contributed by atoms with Gasteiger partial charge in [0, 0.05) is 16.1 Å². The minimum atomic E-state index is -4.09. The predicted octanol–water partition coefficient (Wildman–Crippen LogP) is 5.82. The lowest BCUT2D eigenvalue weighted by atomic mass is 10.2. The summed E-state index contributed by atoms with van der Waals surface area (Å²) >= 11 is 4.16. The quantitative estimate of drug-likeness (QED) is 0.237. The number of carbonyl (C=O) groups is 1. The second-order valence-corrected chi connectivity index (χ2v) is 11.2. The number of hydrogen-bond acceptors (Lipinski definition) is 8. The van der Waals surface area contributed by atoms with E-state index in [9.17, 15) is 17.6 Å². The van der Waals surface area contributed by atoms with Gasteiger partial charge in [-0.1, -0.05) is 27.7 Å². The lowest BCUT2D eigenvalue weighted by Crippen LogP contribution is -2.15. The number of halogens is 2. The van der Waals surface area contributed by atoms with Gasteiger partial charge in [0.1, 0.15) is 17.3 Å². The van der Waals surface area contributed by atoms with E-state index in [2.05, 4.69) is 26.2 Å². The van der Waals surface area contributed by atoms with Crippen molar-refractivity contribution in [3.8, 4) is 23.0 Å². The highest BCUT2D eigenvalue weighted by atomic mass is 79.9. The Balaban J connectivity index is 1.62. The van der Waals surface area contributed by atoms with Crippen molar-refractivity contribution in [1.29, 1.82) is 0 Å². The average molecular weight is 607 g/mol. The molecule has 37 heavy (non-hydrogen) atoms. The van der Waals surface area contributed by atoms with E-state index < -0.39 is 21.6 Å². The number of nitrogens with zero attached hydrogens (tertiary/aromatic N) is 1. The molecule has 4 aromatic rings. The number of oxazole rings is 1. The highest BCUT2D eigenvalue weighted by Gasteiger charge is 2.29. The molecule has 12 heteroatoms. The van der Waals surface area contributed by atoms with E-state index in [1.54, 1.807) is 30.3 Å². The Morgan fingerprint density at radius 2 is 1.76 bits per heavy atom. The number of ether oxygens (including phenoxy) is 2. The summed E-state index contributed by atoms with van der Waals surface area (Å²) in [6.45, 7) is 0. The van der Waals surface area contributed by atoms with Crippen molar-refractivity contribution in [2.24, 2.45) is 0 Å². The third-order valence-corrected chi connectivity index (χ3v) is 8.34. The zero-order valence-electron chi connectivity index (χ0n) is 19.5. The molecule has 8 nitrogen and oxygen atoms in total. The fourth-order valence-electron chi connectivity index (χ4n) is 3.21. The van der Waals surface area contributed by atoms with Crippen LogP contribution < -0.4 is 14.8 Å². The monoisotopic (exact) mass is 606 g/mol. The zero-order chi connectivity index (χ0) is 26.6. The number of nitrogens with one attached hydrogen (secondary N) is 1. The van der Waals surface area contributed by atoms with Gasteiger partial charge in [-0.25, -0.2) is 12.8 Å². The van der Waals surface area contributed by atoms with Gasteiger partial charge in [0.25, 0.3) is 0 Å². The molecule has 1 amide bonds. The Kier molecular flexibility index (Phi) is 8.20. The number of amides is 1. The molecule has 0 aliphatic carbocycles. The largest absolute Gasteiger partial charge is 0.497 e. The number of sulfone groups is 1. The van der Waals surface area contributed by atoms with Gasteiger partial charge in [0.2, 0.25) is 31.8 Å². The number of hydrogen-bond donors (Lipinski definition) is 1. The minimum absolute atomic E-state index is 0.00364. The van der Waals surface area contributed by atoms with E-state index in [4.69, 9.17) is 13.9 Å². The second kappa shape index (κ2) is 11.4. The number of benzene rings is 3. The summed E-state index contributed by atoms with van der Waals surface area (Å²) in [5.41, 5.74) is 0.800. The highest BCUT2D eigenvalue weighted by molar-refractivity contribution is 9.10. The lowest BCUT2D eigenvalue weighted by Gasteiger charge is -2.11. The molecule has 1 aromatic heterocycles. The van der Waals surface area contributed by atoms with E-state index in [0.717, 1.165) is 11.8 Å². The van der Waals surface area contributed by atoms with Crippen LogP contribution >= 0.6 is 27.7 Å². The van der Waals surface area contributed by atoms with Crippen molar-refractivity contribution >= 4 is 49.1 Å². The third-order valence-electron chi connectivity index (χ3n) is 5.05. The van der Waals surface area contributed by atoms with Crippen molar-refractivity contribution in [2.45, 2.75) is 15.0 Å². The number of anilines is 1. The molecular weight excluding hydrogens is 587 g/mol. The molecule has 0 saturated carbocycles. The molecule has 0 saturated heterocycles. The van der Waals surface area contributed by atoms with Crippen LogP contribution in [0.15, 0.2) is 90.6 Å². The first-order valence-corrected chi connectivity index (χ1v) is 13.9. The zero-order valence-corrected chi connectivity index (χ0v) is 22.7. The van der Waals surface area contributed by atoms with Crippen LogP contribution in [0.2, 0.25) is 0 Å². The Bertz CT molecular complexity index is 1520. The molecule has 0 aliphatic rings. The maximum atomic E-state index is 13.4. The van der Waals surface area contributed by atoms with Crippen LogP contribution in [0.4, 0.5) is 10.1 Å². The minimum Gasteiger partial charge on any atom is -0.497 e. The molecule has 1 heterocycles. The summed E-state index contributed by atoms with van der Waals surface area (Å²) in [7, 11) is -1.12. The van der Waals surface area contributed by atoms with Crippen molar-refractivity contribution in [3.63, 3.8) is 0 Å². The normalized spacial score (nSPS) is 11.2. The Hall–Kier alpha value is -3.35. The number of rotatable bonds is 9. The van der Waals surface area contributed by atoms with E-state index in [-0.39, 0.29) is 26.7 Å². The van der Waals surface area contributed by atoms with Crippen LogP contribution in [0.5, 0.6) is 11.5 Å². The predicted molar refractivity (Wildman–Crippen MR) is 140 cm³/mol. The maximum absolute atomic E-state index is 13.4. The van der Waals surface area contributed by atoms with E-state index in [1.807, 2.05) is 0 Å². The van der Waals surface area contributed by atoms with Crippen molar-refractivity contribution < 1.29 is 31.5 Å². The van der Waals surface area contributed by atoms with Gasteiger partial charge in [0.15, 0.2) is 0 Å². The Morgan fingerprint density at radius 1 is 1.05 bits per heavy atom. The summed E-state index contributed by atoms with van der Waals surface area (Å²) in [5, 5.41) is 2.32. The number of methoxy groups -OCH3 is 2. The van der Waals surface area contributed by atoms with E-state index >= 15 is 0 Å². The molecule has 4 rings (SSSR count). The van der Waals surface area contributed by atoms with Gasteiger partial charge in [0.05, 0.1) is 30.6 Å².